The number of likely N-dealkylation sites (tertiary alicyclic amines) is 1. The summed E-state index contributed by atoms with van der Waals surface area (Å²) in [7, 11) is 1.68. The molecule has 6 nitrogen and oxygen atoms in total. The van der Waals surface area contributed by atoms with Crippen molar-refractivity contribution in [2.75, 3.05) is 33.3 Å². The number of amides is 1. The van der Waals surface area contributed by atoms with E-state index in [2.05, 4.69) is 27.6 Å². The molecule has 1 aromatic carbocycles. The zero-order chi connectivity index (χ0) is 17.2. The van der Waals surface area contributed by atoms with Crippen LogP contribution in [0.2, 0.25) is 0 Å². The van der Waals surface area contributed by atoms with Crippen molar-refractivity contribution in [3.05, 3.63) is 36.0 Å². The van der Waals surface area contributed by atoms with Crippen molar-refractivity contribution in [3.63, 3.8) is 0 Å². The maximum absolute atomic E-state index is 12.4. The summed E-state index contributed by atoms with van der Waals surface area (Å²) in [4.78, 5) is 14.4. The Kier molecular flexibility index (Phi) is 4.44. The number of rotatable bonds is 5. The summed E-state index contributed by atoms with van der Waals surface area (Å²) in [5, 5.41) is 10.4. The summed E-state index contributed by atoms with van der Waals surface area (Å²) >= 11 is 0. The number of aromatic amines is 1. The third-order valence-corrected chi connectivity index (χ3v) is 5.35. The third kappa shape index (κ3) is 3.26. The molecule has 0 saturated carbocycles. The third-order valence-electron chi connectivity index (χ3n) is 5.35. The number of hydrogen-bond donors (Lipinski definition) is 2. The van der Waals surface area contributed by atoms with Crippen LogP contribution in [-0.4, -0.2) is 54.3 Å². The number of hydrogen-bond acceptors (Lipinski definition) is 4. The lowest BCUT2D eigenvalue weighted by Gasteiger charge is -2.40. The molecule has 0 bridgehead atoms. The molecule has 2 aromatic rings. The predicted octanol–water partition coefficient (Wildman–Crippen LogP) is 2.01. The average Bonchev–Trinajstić information content (AvgIpc) is 3.27. The SMILES string of the molecule is COc1ccc(C2CN(C(=O)CC3CCNC3)C2)cc1-c1ccn[nH]1. The summed E-state index contributed by atoms with van der Waals surface area (Å²) in [5.41, 5.74) is 3.20. The van der Waals surface area contributed by atoms with Gasteiger partial charge in [0.25, 0.3) is 0 Å². The summed E-state index contributed by atoms with van der Waals surface area (Å²) in [5.74, 6) is 2.04. The molecular weight excluding hydrogens is 316 g/mol. The molecule has 2 saturated heterocycles. The van der Waals surface area contributed by atoms with Gasteiger partial charge in [0.2, 0.25) is 5.91 Å². The van der Waals surface area contributed by atoms with E-state index in [1.807, 2.05) is 17.0 Å². The minimum absolute atomic E-state index is 0.298. The van der Waals surface area contributed by atoms with Gasteiger partial charge in [-0.2, -0.15) is 5.10 Å². The maximum Gasteiger partial charge on any atom is 0.222 e. The van der Waals surface area contributed by atoms with Crippen LogP contribution < -0.4 is 10.1 Å². The normalized spacial score (nSPS) is 20.5. The van der Waals surface area contributed by atoms with Crippen molar-refractivity contribution in [2.24, 2.45) is 5.92 Å². The van der Waals surface area contributed by atoms with Gasteiger partial charge in [-0.05, 0) is 49.2 Å². The van der Waals surface area contributed by atoms with Crippen LogP contribution in [0.15, 0.2) is 30.5 Å². The highest BCUT2D eigenvalue weighted by molar-refractivity contribution is 5.78. The fourth-order valence-electron chi connectivity index (χ4n) is 3.75. The molecule has 0 spiro atoms. The van der Waals surface area contributed by atoms with Gasteiger partial charge in [0.1, 0.15) is 5.75 Å². The highest BCUT2D eigenvalue weighted by Crippen LogP contribution is 2.35. The molecule has 132 valence electrons. The molecule has 6 heteroatoms. The second-order valence-corrected chi connectivity index (χ2v) is 6.99. The van der Waals surface area contributed by atoms with Gasteiger partial charge in [0, 0.05) is 37.2 Å². The highest BCUT2D eigenvalue weighted by atomic mass is 16.5. The van der Waals surface area contributed by atoms with Crippen LogP contribution in [0, 0.1) is 5.92 Å². The number of benzene rings is 1. The Morgan fingerprint density at radius 2 is 2.24 bits per heavy atom. The van der Waals surface area contributed by atoms with Gasteiger partial charge < -0.3 is 15.0 Å². The number of carbonyl (C=O) groups excluding carboxylic acids is 1. The Bertz CT molecular complexity index is 732. The van der Waals surface area contributed by atoms with Crippen molar-refractivity contribution >= 4 is 5.91 Å². The van der Waals surface area contributed by atoms with Gasteiger partial charge in [0.15, 0.2) is 0 Å². The number of ether oxygens (including phenoxy) is 1. The Morgan fingerprint density at radius 1 is 1.36 bits per heavy atom. The minimum Gasteiger partial charge on any atom is -0.496 e. The highest BCUT2D eigenvalue weighted by Gasteiger charge is 2.33. The van der Waals surface area contributed by atoms with Crippen LogP contribution in [-0.2, 0) is 4.79 Å². The van der Waals surface area contributed by atoms with E-state index in [4.69, 9.17) is 4.74 Å². The Morgan fingerprint density at radius 3 is 2.92 bits per heavy atom. The van der Waals surface area contributed by atoms with Gasteiger partial charge in [-0.3, -0.25) is 9.89 Å². The lowest BCUT2D eigenvalue weighted by Crippen LogP contribution is -2.49. The molecule has 1 atom stereocenters. The summed E-state index contributed by atoms with van der Waals surface area (Å²) < 4.78 is 5.47. The number of carbonyl (C=O) groups is 1. The summed E-state index contributed by atoms with van der Waals surface area (Å²) in [6.45, 7) is 3.65. The van der Waals surface area contributed by atoms with E-state index < -0.39 is 0 Å². The topological polar surface area (TPSA) is 70.2 Å². The van der Waals surface area contributed by atoms with Crippen molar-refractivity contribution in [1.29, 1.82) is 0 Å². The van der Waals surface area contributed by atoms with Crippen LogP contribution in [0.5, 0.6) is 5.75 Å². The maximum atomic E-state index is 12.4. The lowest BCUT2D eigenvalue weighted by atomic mass is 9.89. The van der Waals surface area contributed by atoms with Crippen LogP contribution in [0.1, 0.15) is 24.3 Å². The average molecular weight is 340 g/mol. The quantitative estimate of drug-likeness (QED) is 0.873. The fraction of sp³-hybridized carbons (Fsp3) is 0.474. The van der Waals surface area contributed by atoms with Crippen LogP contribution in [0.3, 0.4) is 0 Å². The van der Waals surface area contributed by atoms with Gasteiger partial charge in [-0.25, -0.2) is 0 Å². The first-order chi connectivity index (χ1) is 12.2. The number of methoxy groups -OCH3 is 1. The van der Waals surface area contributed by atoms with E-state index in [9.17, 15) is 4.79 Å². The van der Waals surface area contributed by atoms with E-state index in [0.717, 1.165) is 49.6 Å². The minimum atomic E-state index is 0.298. The van der Waals surface area contributed by atoms with E-state index >= 15 is 0 Å². The molecule has 25 heavy (non-hydrogen) atoms. The molecule has 3 heterocycles. The second-order valence-electron chi connectivity index (χ2n) is 6.99. The van der Waals surface area contributed by atoms with E-state index in [0.29, 0.717) is 24.2 Å². The first-order valence-corrected chi connectivity index (χ1v) is 8.90. The molecular formula is C19H24N4O2. The molecule has 2 aliphatic heterocycles. The van der Waals surface area contributed by atoms with E-state index in [1.165, 1.54) is 5.56 Å². The molecule has 1 aromatic heterocycles. The van der Waals surface area contributed by atoms with Gasteiger partial charge in [0.05, 0.1) is 12.8 Å². The molecule has 2 aliphatic rings. The van der Waals surface area contributed by atoms with Gasteiger partial charge in [-0.15, -0.1) is 0 Å². The molecule has 4 rings (SSSR count). The largest absolute Gasteiger partial charge is 0.496 e. The fourth-order valence-corrected chi connectivity index (χ4v) is 3.75. The Hall–Kier alpha value is -2.34. The molecule has 2 fully saturated rings. The van der Waals surface area contributed by atoms with Crippen LogP contribution >= 0.6 is 0 Å². The summed E-state index contributed by atoms with van der Waals surface area (Å²) in [6, 6.07) is 8.19. The smallest absolute Gasteiger partial charge is 0.222 e. The zero-order valence-electron chi connectivity index (χ0n) is 14.5. The number of nitrogens with zero attached hydrogens (tertiary/aromatic N) is 2. The van der Waals surface area contributed by atoms with Crippen molar-refractivity contribution < 1.29 is 9.53 Å². The molecule has 1 unspecified atom stereocenters. The van der Waals surface area contributed by atoms with Gasteiger partial charge in [-0.1, -0.05) is 6.07 Å². The molecule has 0 aliphatic carbocycles. The number of aromatic nitrogens is 2. The van der Waals surface area contributed by atoms with E-state index in [1.54, 1.807) is 13.3 Å². The van der Waals surface area contributed by atoms with E-state index in [-0.39, 0.29) is 0 Å². The second kappa shape index (κ2) is 6.88. The lowest BCUT2D eigenvalue weighted by molar-refractivity contribution is -0.136. The summed E-state index contributed by atoms with van der Waals surface area (Å²) in [6.07, 6.45) is 3.54. The van der Waals surface area contributed by atoms with Crippen LogP contribution in [0.4, 0.5) is 0 Å². The molecule has 1 amide bonds. The molecule has 2 N–H and O–H groups in total. The zero-order valence-corrected chi connectivity index (χ0v) is 14.5. The van der Waals surface area contributed by atoms with Gasteiger partial charge >= 0.3 is 0 Å². The standard InChI is InChI=1S/C19H24N4O2/c1-25-18-3-2-14(9-16(18)17-5-7-21-22-17)15-11-23(12-15)19(24)8-13-4-6-20-10-13/h2-3,5,7,9,13,15,20H,4,6,8,10-12H2,1H3,(H,21,22). The van der Waals surface area contributed by atoms with Crippen LogP contribution in [0.25, 0.3) is 11.3 Å². The Labute approximate surface area is 147 Å². The van der Waals surface area contributed by atoms with Crippen molar-refractivity contribution in [1.82, 2.24) is 20.4 Å². The number of nitrogens with one attached hydrogen (secondary N) is 2. The van der Waals surface area contributed by atoms with Crippen molar-refractivity contribution in [2.45, 2.75) is 18.8 Å². The number of H-pyrrole nitrogens is 1. The van der Waals surface area contributed by atoms with Crippen molar-refractivity contribution in [3.8, 4) is 17.0 Å². The first kappa shape index (κ1) is 16.1. The monoisotopic (exact) mass is 340 g/mol. The predicted molar refractivity (Wildman–Crippen MR) is 95.5 cm³/mol. The Balaban J connectivity index is 1.42. The first-order valence-electron chi connectivity index (χ1n) is 8.90. The molecule has 0 radical (unpaired) electrons.